The van der Waals surface area contributed by atoms with Gasteiger partial charge in [0, 0.05) is 12.3 Å². The van der Waals surface area contributed by atoms with Crippen LogP contribution in [0.4, 0.5) is 0 Å². The van der Waals surface area contributed by atoms with Crippen LogP contribution in [0.15, 0.2) is 11.6 Å². The molecule has 0 spiro atoms. The fourth-order valence-electron chi connectivity index (χ4n) is 7.79. The molecule has 0 heterocycles. The Morgan fingerprint density at radius 2 is 2.00 bits per heavy atom. The summed E-state index contributed by atoms with van der Waals surface area (Å²) in [6.45, 7) is 8.55. The maximum Gasteiger partial charge on any atom is 0.155 e. The predicted molar refractivity (Wildman–Crippen MR) is 96.8 cm³/mol. The molecule has 0 aromatic carbocycles. The van der Waals surface area contributed by atoms with E-state index in [1.54, 1.807) is 6.92 Å². The lowest BCUT2D eigenvalue weighted by Gasteiger charge is -2.61. The summed E-state index contributed by atoms with van der Waals surface area (Å²) in [5.41, 5.74) is 1.19. The Balaban J connectivity index is 1.76. The zero-order chi connectivity index (χ0) is 18.1. The summed E-state index contributed by atoms with van der Waals surface area (Å²) in [5.74, 6) is 2.33. The molecule has 138 valence electrons. The van der Waals surface area contributed by atoms with E-state index in [-0.39, 0.29) is 34.6 Å². The first-order valence-corrected chi connectivity index (χ1v) is 10.1. The van der Waals surface area contributed by atoms with Gasteiger partial charge in [-0.3, -0.25) is 9.59 Å². The number of carbonyl (C=O) groups is 2. The second-order valence-electron chi connectivity index (χ2n) is 9.93. The molecule has 3 fully saturated rings. The van der Waals surface area contributed by atoms with Crippen molar-refractivity contribution in [3.63, 3.8) is 0 Å². The molecule has 0 unspecified atom stereocenters. The molecule has 1 N–H and O–H groups in total. The first kappa shape index (κ1) is 17.5. The molecule has 0 amide bonds. The van der Waals surface area contributed by atoms with Crippen molar-refractivity contribution in [2.24, 2.45) is 40.4 Å². The third-order valence-corrected chi connectivity index (χ3v) is 8.70. The van der Waals surface area contributed by atoms with Crippen LogP contribution in [-0.2, 0) is 9.59 Å². The number of ketones is 2. The molecule has 0 aliphatic heterocycles. The Morgan fingerprint density at radius 1 is 1.28 bits per heavy atom. The monoisotopic (exact) mass is 344 g/mol. The highest BCUT2D eigenvalue weighted by atomic mass is 16.3. The van der Waals surface area contributed by atoms with Crippen LogP contribution in [-0.4, -0.2) is 22.8 Å². The first-order valence-electron chi connectivity index (χ1n) is 10.1. The molecule has 8 atom stereocenters. The third-order valence-electron chi connectivity index (χ3n) is 8.70. The van der Waals surface area contributed by atoms with E-state index in [2.05, 4.69) is 20.8 Å². The van der Waals surface area contributed by atoms with E-state index in [0.717, 1.165) is 32.1 Å². The van der Waals surface area contributed by atoms with Crippen LogP contribution in [0.3, 0.4) is 0 Å². The standard InChI is InChI=1S/C22H32O3/c1-12-9-15-17-6-5-16(13(2)23)22(17,4)11-19(25)20(15)21(3)8-7-14(24)10-18(12)21/h10,12,15-17,19-20,25H,5-9,11H2,1-4H3/t12-,15-,16+,17+,19-,20-,21-,22+/m0/s1. The van der Waals surface area contributed by atoms with Gasteiger partial charge < -0.3 is 5.11 Å². The minimum absolute atomic E-state index is 0.0474. The van der Waals surface area contributed by atoms with Gasteiger partial charge in [0.2, 0.25) is 0 Å². The Morgan fingerprint density at radius 3 is 2.68 bits per heavy atom. The van der Waals surface area contributed by atoms with E-state index in [1.165, 1.54) is 5.57 Å². The fourth-order valence-corrected chi connectivity index (χ4v) is 7.79. The van der Waals surface area contributed by atoms with Crippen molar-refractivity contribution in [3.05, 3.63) is 11.6 Å². The molecule has 0 radical (unpaired) electrons. The summed E-state index contributed by atoms with van der Waals surface area (Å²) in [6.07, 6.45) is 6.93. The zero-order valence-corrected chi connectivity index (χ0v) is 16.0. The van der Waals surface area contributed by atoms with Crippen LogP contribution in [0.5, 0.6) is 0 Å². The summed E-state index contributed by atoms with van der Waals surface area (Å²) in [5, 5.41) is 11.2. The van der Waals surface area contributed by atoms with Gasteiger partial charge in [-0.2, -0.15) is 0 Å². The molecule has 4 aliphatic rings. The first-order chi connectivity index (χ1) is 11.7. The second kappa shape index (κ2) is 5.52. The number of Topliss-reactive ketones (excluding diaryl/α,β-unsaturated/α-hetero) is 1. The minimum atomic E-state index is -0.361. The smallest absolute Gasteiger partial charge is 0.155 e. The Labute approximate surface area is 151 Å². The highest BCUT2D eigenvalue weighted by Gasteiger charge is 2.63. The van der Waals surface area contributed by atoms with Crippen LogP contribution < -0.4 is 0 Å². The zero-order valence-electron chi connectivity index (χ0n) is 16.0. The highest BCUT2D eigenvalue weighted by molar-refractivity contribution is 5.91. The molecule has 0 bridgehead atoms. The number of rotatable bonds is 1. The molecule has 3 heteroatoms. The van der Waals surface area contributed by atoms with Gasteiger partial charge in [0.15, 0.2) is 5.78 Å². The van der Waals surface area contributed by atoms with E-state index in [1.807, 2.05) is 6.08 Å². The number of fused-ring (bicyclic) bond motifs is 5. The SMILES string of the molecule is CC(=O)[C@H]1CC[C@@H]2[C@@H]3C[C@H](C)C4=CC(=O)CC[C@]4(C)[C@@H]3[C@@H](O)C[C@]12C. The summed E-state index contributed by atoms with van der Waals surface area (Å²) >= 11 is 0. The lowest BCUT2D eigenvalue weighted by atomic mass is 9.44. The molecular weight excluding hydrogens is 312 g/mol. The topological polar surface area (TPSA) is 54.4 Å². The number of hydrogen-bond acceptors (Lipinski definition) is 3. The largest absolute Gasteiger partial charge is 0.393 e. The van der Waals surface area contributed by atoms with E-state index in [4.69, 9.17) is 0 Å². The van der Waals surface area contributed by atoms with Gasteiger partial charge in [0.25, 0.3) is 0 Å². The van der Waals surface area contributed by atoms with Gasteiger partial charge in [0.05, 0.1) is 6.10 Å². The van der Waals surface area contributed by atoms with Crippen LogP contribution >= 0.6 is 0 Å². The Kier molecular flexibility index (Phi) is 3.85. The van der Waals surface area contributed by atoms with Crippen molar-refractivity contribution in [2.75, 3.05) is 0 Å². The average Bonchev–Trinajstić information content (AvgIpc) is 2.85. The van der Waals surface area contributed by atoms with Crippen molar-refractivity contribution in [1.82, 2.24) is 0 Å². The number of aliphatic hydroxyl groups excluding tert-OH is 1. The maximum absolute atomic E-state index is 12.2. The van der Waals surface area contributed by atoms with Crippen molar-refractivity contribution in [3.8, 4) is 0 Å². The number of carbonyl (C=O) groups excluding carboxylic acids is 2. The normalized spacial score (nSPS) is 52.0. The lowest BCUT2D eigenvalue weighted by molar-refractivity contribution is -0.147. The summed E-state index contributed by atoms with van der Waals surface area (Å²) < 4.78 is 0. The predicted octanol–water partition coefficient (Wildman–Crippen LogP) is 3.94. The van der Waals surface area contributed by atoms with E-state index >= 15 is 0 Å². The summed E-state index contributed by atoms with van der Waals surface area (Å²) in [4.78, 5) is 24.3. The molecule has 4 rings (SSSR count). The molecule has 3 saturated carbocycles. The Bertz CT molecular complexity index is 650. The fraction of sp³-hybridized carbons (Fsp3) is 0.818. The molecular formula is C22H32O3. The van der Waals surface area contributed by atoms with Gasteiger partial charge in [0.1, 0.15) is 5.78 Å². The summed E-state index contributed by atoms with van der Waals surface area (Å²) in [6, 6.07) is 0. The number of allylic oxidation sites excluding steroid dienone is 1. The van der Waals surface area contributed by atoms with E-state index in [0.29, 0.717) is 30.0 Å². The molecule has 0 aromatic rings. The minimum Gasteiger partial charge on any atom is -0.393 e. The lowest BCUT2D eigenvalue weighted by Crippen LogP contribution is -2.58. The van der Waals surface area contributed by atoms with Crippen molar-refractivity contribution >= 4 is 11.6 Å². The third kappa shape index (κ3) is 2.27. The van der Waals surface area contributed by atoms with Crippen LogP contribution in [0.25, 0.3) is 0 Å². The van der Waals surface area contributed by atoms with Crippen LogP contribution in [0, 0.1) is 40.4 Å². The Hall–Kier alpha value is -0.960. The molecule has 3 nitrogen and oxygen atoms in total. The van der Waals surface area contributed by atoms with Crippen molar-refractivity contribution < 1.29 is 14.7 Å². The van der Waals surface area contributed by atoms with Gasteiger partial charge in [-0.1, -0.05) is 26.3 Å². The van der Waals surface area contributed by atoms with Crippen molar-refractivity contribution in [2.45, 2.75) is 72.3 Å². The molecule has 0 saturated heterocycles. The maximum atomic E-state index is 12.2. The highest BCUT2D eigenvalue weighted by Crippen LogP contribution is 2.67. The summed E-state index contributed by atoms with van der Waals surface area (Å²) in [7, 11) is 0. The molecule has 0 aromatic heterocycles. The quantitative estimate of drug-likeness (QED) is 0.784. The van der Waals surface area contributed by atoms with Crippen LogP contribution in [0.2, 0.25) is 0 Å². The van der Waals surface area contributed by atoms with E-state index < -0.39 is 0 Å². The average molecular weight is 344 g/mol. The number of aliphatic hydroxyl groups is 1. The van der Waals surface area contributed by atoms with Gasteiger partial charge in [-0.05, 0) is 79.6 Å². The number of hydrogen-bond donors (Lipinski definition) is 1. The van der Waals surface area contributed by atoms with Crippen molar-refractivity contribution in [1.29, 1.82) is 0 Å². The van der Waals surface area contributed by atoms with E-state index in [9.17, 15) is 14.7 Å². The van der Waals surface area contributed by atoms with Crippen LogP contribution in [0.1, 0.15) is 66.2 Å². The molecule has 25 heavy (non-hydrogen) atoms. The van der Waals surface area contributed by atoms with Gasteiger partial charge in [-0.15, -0.1) is 0 Å². The van der Waals surface area contributed by atoms with Gasteiger partial charge >= 0.3 is 0 Å². The molecule has 4 aliphatic carbocycles. The second-order valence-corrected chi connectivity index (χ2v) is 9.93. The van der Waals surface area contributed by atoms with Gasteiger partial charge in [-0.25, -0.2) is 0 Å².